The summed E-state index contributed by atoms with van der Waals surface area (Å²) in [4.78, 5) is 32.5. The molecule has 0 spiro atoms. The summed E-state index contributed by atoms with van der Waals surface area (Å²) in [5, 5.41) is 3.08. The van der Waals surface area contributed by atoms with E-state index in [9.17, 15) is 9.59 Å². The number of carbonyl (C=O) groups is 2. The number of nitrogens with two attached hydrogens (primary N) is 1. The number of benzene rings is 1. The minimum Gasteiger partial charge on any atom is -0.461 e. The van der Waals surface area contributed by atoms with Gasteiger partial charge in [-0.1, -0.05) is 43.8 Å². The lowest BCUT2D eigenvalue weighted by molar-refractivity contribution is -0.120. The second kappa shape index (κ2) is 7.57. The highest BCUT2D eigenvalue weighted by atomic mass is 32.2. The third-order valence-corrected chi connectivity index (χ3v) is 5.21. The van der Waals surface area contributed by atoms with E-state index in [0.717, 1.165) is 10.9 Å². The van der Waals surface area contributed by atoms with E-state index in [1.54, 1.807) is 18.4 Å². The normalized spacial score (nSPS) is 12.3. The Morgan fingerprint density at radius 2 is 1.92 bits per heavy atom. The summed E-state index contributed by atoms with van der Waals surface area (Å²) in [7, 11) is 0. The fourth-order valence-electron chi connectivity index (χ4n) is 2.46. The van der Waals surface area contributed by atoms with Crippen molar-refractivity contribution in [2.24, 2.45) is 11.7 Å². The molecule has 0 saturated carbocycles. The summed E-state index contributed by atoms with van der Waals surface area (Å²) < 4.78 is 5.40. The van der Waals surface area contributed by atoms with Gasteiger partial charge in [0.15, 0.2) is 11.6 Å². The average molecular weight is 370 g/mol. The first-order valence-corrected chi connectivity index (χ1v) is 8.91. The van der Waals surface area contributed by atoms with Crippen LogP contribution in [0.4, 0.5) is 4.79 Å². The van der Waals surface area contributed by atoms with Gasteiger partial charge in [0.2, 0.25) is 5.91 Å². The molecule has 0 fully saturated rings. The Hall–Kier alpha value is -2.87. The molecular weight excluding hydrogens is 352 g/mol. The Morgan fingerprint density at radius 1 is 1.15 bits per heavy atom. The number of carbonyl (C=O) groups excluding carboxylic acids is 2. The number of rotatable bonds is 5. The van der Waals surface area contributed by atoms with Crippen LogP contribution in [0.15, 0.2) is 52.1 Å². The Balaban J connectivity index is 2.04. The van der Waals surface area contributed by atoms with Crippen LogP contribution in [0.3, 0.4) is 0 Å². The third-order valence-electron chi connectivity index (χ3n) is 3.66. The van der Waals surface area contributed by atoms with E-state index in [2.05, 4.69) is 15.3 Å². The number of hydrogen-bond donors (Lipinski definition) is 2. The van der Waals surface area contributed by atoms with Crippen molar-refractivity contribution in [1.29, 1.82) is 0 Å². The summed E-state index contributed by atoms with van der Waals surface area (Å²) >= 11 is 1.28. The van der Waals surface area contributed by atoms with Crippen LogP contribution in [-0.4, -0.2) is 27.2 Å². The van der Waals surface area contributed by atoms with Gasteiger partial charge < -0.3 is 10.2 Å². The van der Waals surface area contributed by atoms with E-state index in [0.29, 0.717) is 16.6 Å². The number of aromatic nitrogens is 2. The highest BCUT2D eigenvalue weighted by Crippen LogP contribution is 2.33. The molecule has 26 heavy (non-hydrogen) atoms. The molecule has 1 aromatic carbocycles. The molecule has 0 radical (unpaired) electrons. The lowest BCUT2D eigenvalue weighted by atomic mass is 10.1. The van der Waals surface area contributed by atoms with Gasteiger partial charge in [0, 0.05) is 5.39 Å². The maximum Gasteiger partial charge on any atom is 0.318 e. The Bertz CT molecular complexity index is 941. The molecule has 0 aliphatic carbocycles. The van der Waals surface area contributed by atoms with Crippen molar-refractivity contribution in [3.8, 4) is 11.6 Å². The highest BCUT2D eigenvalue weighted by Gasteiger charge is 2.26. The van der Waals surface area contributed by atoms with Crippen molar-refractivity contribution in [2.45, 2.75) is 24.1 Å². The standard InChI is InChI=1S/C18H18N4O3S/c1-10(2)14(16(23)22-18(19)24)26-17-11-6-3-4-7-12(11)20-15(21-17)13-8-5-9-25-13/h3-10,14H,1-2H3,(H3,19,22,23,24)/t14-/m1/s1. The summed E-state index contributed by atoms with van der Waals surface area (Å²) in [5.41, 5.74) is 5.83. The summed E-state index contributed by atoms with van der Waals surface area (Å²) in [6, 6.07) is 10.2. The second-order valence-electron chi connectivity index (χ2n) is 5.98. The Labute approximate surface area is 154 Å². The zero-order valence-electron chi connectivity index (χ0n) is 14.3. The predicted molar refractivity (Wildman–Crippen MR) is 99.4 cm³/mol. The summed E-state index contributed by atoms with van der Waals surface area (Å²) in [5.74, 6) is 0.495. The van der Waals surface area contributed by atoms with Crippen molar-refractivity contribution in [3.63, 3.8) is 0 Å². The molecule has 1 atom stereocenters. The van der Waals surface area contributed by atoms with Crippen LogP contribution in [0.1, 0.15) is 13.8 Å². The first-order valence-electron chi connectivity index (χ1n) is 8.03. The summed E-state index contributed by atoms with van der Waals surface area (Å²) in [6.45, 7) is 3.80. The molecule has 3 amide bonds. The number of fused-ring (bicyclic) bond motifs is 1. The monoisotopic (exact) mass is 370 g/mol. The van der Waals surface area contributed by atoms with Crippen LogP contribution in [0.2, 0.25) is 0 Å². The first kappa shape index (κ1) is 17.9. The van der Waals surface area contributed by atoms with Crippen LogP contribution in [-0.2, 0) is 4.79 Å². The number of para-hydroxylation sites is 1. The van der Waals surface area contributed by atoms with Crippen LogP contribution in [0.5, 0.6) is 0 Å². The lowest BCUT2D eigenvalue weighted by Crippen LogP contribution is -2.42. The lowest BCUT2D eigenvalue weighted by Gasteiger charge is -2.19. The van der Waals surface area contributed by atoms with E-state index in [-0.39, 0.29) is 5.92 Å². The molecule has 8 heteroatoms. The molecule has 0 unspecified atom stereocenters. The minimum atomic E-state index is -0.870. The molecule has 134 valence electrons. The zero-order valence-corrected chi connectivity index (χ0v) is 15.1. The Kier molecular flexibility index (Phi) is 5.22. The molecule has 3 aromatic rings. The SMILES string of the molecule is CC(C)[C@@H](Sc1nc(-c2ccco2)nc2ccccc12)C(=O)NC(N)=O. The maximum atomic E-state index is 12.4. The van der Waals surface area contributed by atoms with E-state index >= 15 is 0 Å². The highest BCUT2D eigenvalue weighted by molar-refractivity contribution is 8.00. The van der Waals surface area contributed by atoms with Gasteiger partial charge in [-0.25, -0.2) is 14.8 Å². The van der Waals surface area contributed by atoms with Crippen molar-refractivity contribution in [3.05, 3.63) is 42.7 Å². The number of urea groups is 1. The van der Waals surface area contributed by atoms with Gasteiger partial charge in [0.25, 0.3) is 0 Å². The van der Waals surface area contributed by atoms with Crippen molar-refractivity contribution in [2.75, 3.05) is 0 Å². The topological polar surface area (TPSA) is 111 Å². The van der Waals surface area contributed by atoms with Crippen LogP contribution < -0.4 is 11.1 Å². The van der Waals surface area contributed by atoms with Gasteiger partial charge in [0.05, 0.1) is 17.0 Å². The molecule has 7 nitrogen and oxygen atoms in total. The third kappa shape index (κ3) is 3.85. The maximum absolute atomic E-state index is 12.4. The second-order valence-corrected chi connectivity index (χ2v) is 7.11. The van der Waals surface area contributed by atoms with Gasteiger partial charge in [-0.05, 0) is 24.1 Å². The fourth-order valence-corrected chi connectivity index (χ4v) is 3.58. The smallest absolute Gasteiger partial charge is 0.318 e. The van der Waals surface area contributed by atoms with Crippen molar-refractivity contribution >= 4 is 34.6 Å². The van der Waals surface area contributed by atoms with E-state index in [1.165, 1.54) is 11.8 Å². The number of primary amides is 1. The van der Waals surface area contributed by atoms with E-state index in [1.807, 2.05) is 38.1 Å². The molecule has 0 bridgehead atoms. The molecule has 2 aromatic heterocycles. The van der Waals surface area contributed by atoms with E-state index in [4.69, 9.17) is 10.2 Å². The molecule has 3 N–H and O–H groups in total. The number of nitrogens with zero attached hydrogens (tertiary/aromatic N) is 2. The van der Waals surface area contributed by atoms with Gasteiger partial charge in [-0.3, -0.25) is 10.1 Å². The summed E-state index contributed by atoms with van der Waals surface area (Å²) in [6.07, 6.45) is 1.55. The molecule has 0 saturated heterocycles. The zero-order chi connectivity index (χ0) is 18.7. The number of thioether (sulfide) groups is 1. The largest absolute Gasteiger partial charge is 0.461 e. The van der Waals surface area contributed by atoms with Crippen molar-refractivity contribution < 1.29 is 14.0 Å². The van der Waals surface area contributed by atoms with Crippen molar-refractivity contribution in [1.82, 2.24) is 15.3 Å². The van der Waals surface area contributed by atoms with E-state index < -0.39 is 17.2 Å². The van der Waals surface area contributed by atoms with Gasteiger partial charge in [0.1, 0.15) is 5.03 Å². The molecule has 0 aliphatic rings. The molecule has 0 aliphatic heterocycles. The number of furan rings is 1. The molecule has 2 heterocycles. The molecule has 3 rings (SSSR count). The van der Waals surface area contributed by atoms with Crippen LogP contribution in [0, 0.1) is 5.92 Å². The molecular formula is C18H18N4O3S. The fraction of sp³-hybridized carbons (Fsp3) is 0.222. The number of hydrogen-bond acceptors (Lipinski definition) is 6. The number of imide groups is 1. The van der Waals surface area contributed by atoms with Gasteiger partial charge >= 0.3 is 6.03 Å². The number of amides is 3. The minimum absolute atomic E-state index is 0.0415. The average Bonchev–Trinajstić information content (AvgIpc) is 3.12. The predicted octanol–water partition coefficient (Wildman–Crippen LogP) is 3.20. The quantitative estimate of drug-likeness (QED) is 0.527. The van der Waals surface area contributed by atoms with Crippen LogP contribution in [0.25, 0.3) is 22.5 Å². The van der Waals surface area contributed by atoms with Gasteiger partial charge in [-0.2, -0.15) is 0 Å². The number of nitrogens with one attached hydrogen (secondary N) is 1. The Morgan fingerprint density at radius 3 is 2.58 bits per heavy atom. The van der Waals surface area contributed by atoms with Gasteiger partial charge in [-0.15, -0.1) is 0 Å². The first-order chi connectivity index (χ1) is 12.5. The van der Waals surface area contributed by atoms with Crippen LogP contribution >= 0.6 is 11.8 Å².